The largest absolute Gasteiger partial charge is 0.496 e. The van der Waals surface area contributed by atoms with E-state index < -0.39 is 0 Å². The molecular weight excluding hydrogens is 312 g/mol. The van der Waals surface area contributed by atoms with Gasteiger partial charge in [-0.25, -0.2) is 4.68 Å². The molecule has 1 aromatic heterocycles. The zero-order chi connectivity index (χ0) is 18.0. The lowest BCUT2D eigenvalue weighted by atomic mass is 9.95. The van der Waals surface area contributed by atoms with Gasteiger partial charge in [0, 0.05) is 6.07 Å². The van der Waals surface area contributed by atoms with Gasteiger partial charge in [-0.1, -0.05) is 12.1 Å². The maximum absolute atomic E-state index is 12.5. The molecule has 0 bridgehead atoms. The Hall–Kier alpha value is -2.36. The van der Waals surface area contributed by atoms with Crippen LogP contribution in [0.2, 0.25) is 0 Å². The summed E-state index contributed by atoms with van der Waals surface area (Å²) in [5.41, 5.74) is 6.46. The van der Waals surface area contributed by atoms with Crippen LogP contribution in [-0.4, -0.2) is 16.9 Å². The number of rotatable bonds is 4. The van der Waals surface area contributed by atoms with Crippen molar-refractivity contribution in [3.8, 4) is 5.75 Å². The fraction of sp³-hybridized carbons (Fsp3) is 0.429. The molecule has 0 amide bonds. The van der Waals surface area contributed by atoms with Crippen LogP contribution in [0, 0.1) is 20.8 Å². The minimum absolute atomic E-state index is 0.0562. The van der Waals surface area contributed by atoms with Gasteiger partial charge in [-0.15, -0.1) is 0 Å². The summed E-state index contributed by atoms with van der Waals surface area (Å²) in [6.07, 6.45) is 6.85. The summed E-state index contributed by atoms with van der Waals surface area (Å²) < 4.78 is 7.02. The van der Waals surface area contributed by atoms with Gasteiger partial charge in [0.2, 0.25) is 0 Å². The van der Waals surface area contributed by atoms with Crippen LogP contribution in [0.3, 0.4) is 0 Å². The van der Waals surface area contributed by atoms with E-state index in [1.807, 2.05) is 26.0 Å². The predicted octanol–water partition coefficient (Wildman–Crippen LogP) is 4.18. The zero-order valence-electron chi connectivity index (χ0n) is 15.6. The number of ether oxygens (including phenoxy) is 1. The monoisotopic (exact) mass is 338 g/mol. The molecular formula is C21H26N2O2. The van der Waals surface area contributed by atoms with Crippen LogP contribution in [0.5, 0.6) is 5.75 Å². The fourth-order valence-corrected chi connectivity index (χ4v) is 3.55. The van der Waals surface area contributed by atoms with E-state index in [-0.39, 0.29) is 5.56 Å². The van der Waals surface area contributed by atoms with E-state index in [2.05, 4.69) is 13.0 Å². The van der Waals surface area contributed by atoms with Crippen LogP contribution in [0.15, 0.2) is 29.1 Å². The van der Waals surface area contributed by atoms with E-state index in [1.54, 1.807) is 17.9 Å². The lowest BCUT2D eigenvalue weighted by Crippen LogP contribution is -2.25. The van der Waals surface area contributed by atoms with Crippen LogP contribution in [0.25, 0.3) is 5.57 Å². The third kappa shape index (κ3) is 3.53. The first-order valence-corrected chi connectivity index (χ1v) is 8.92. The maximum atomic E-state index is 12.5. The number of aromatic nitrogens is 2. The third-order valence-electron chi connectivity index (χ3n) is 5.09. The van der Waals surface area contributed by atoms with E-state index in [9.17, 15) is 4.79 Å². The Bertz CT molecular complexity index is 878. The molecule has 0 unspecified atom stereocenters. The van der Waals surface area contributed by atoms with Crippen molar-refractivity contribution in [1.82, 2.24) is 9.78 Å². The van der Waals surface area contributed by atoms with E-state index in [0.717, 1.165) is 46.5 Å². The minimum atomic E-state index is -0.0562. The number of hydrogen-bond acceptors (Lipinski definition) is 3. The van der Waals surface area contributed by atoms with Crippen molar-refractivity contribution in [2.24, 2.45) is 0 Å². The van der Waals surface area contributed by atoms with Gasteiger partial charge in [0.15, 0.2) is 0 Å². The molecule has 4 heteroatoms. The topological polar surface area (TPSA) is 44.1 Å². The second-order valence-corrected chi connectivity index (χ2v) is 6.84. The molecule has 0 saturated heterocycles. The molecule has 0 N–H and O–H groups in total. The summed E-state index contributed by atoms with van der Waals surface area (Å²) >= 11 is 0. The third-order valence-corrected chi connectivity index (χ3v) is 5.09. The Balaban J connectivity index is 2.04. The minimum Gasteiger partial charge on any atom is -0.496 e. The smallest absolute Gasteiger partial charge is 0.267 e. The molecule has 1 aliphatic rings. The molecule has 25 heavy (non-hydrogen) atoms. The van der Waals surface area contributed by atoms with Crippen molar-refractivity contribution >= 4 is 5.57 Å². The Morgan fingerprint density at radius 2 is 1.96 bits per heavy atom. The normalized spacial score (nSPS) is 14.3. The fourth-order valence-electron chi connectivity index (χ4n) is 3.55. The van der Waals surface area contributed by atoms with Gasteiger partial charge in [-0.05, 0) is 80.3 Å². The zero-order valence-corrected chi connectivity index (χ0v) is 15.6. The quantitative estimate of drug-likeness (QED) is 0.840. The molecule has 0 atom stereocenters. The molecule has 1 heterocycles. The van der Waals surface area contributed by atoms with Crippen molar-refractivity contribution in [3.05, 3.63) is 62.6 Å². The Morgan fingerprint density at radius 1 is 1.16 bits per heavy atom. The predicted molar refractivity (Wildman–Crippen MR) is 101 cm³/mol. The SMILES string of the molecule is COc1ccc(C)c(Cn2nc(C3=CCCCC3)c(C)cc2=O)c1C. The van der Waals surface area contributed by atoms with Gasteiger partial charge in [-0.3, -0.25) is 4.79 Å². The molecule has 0 saturated carbocycles. The summed E-state index contributed by atoms with van der Waals surface area (Å²) in [5.74, 6) is 0.843. The van der Waals surface area contributed by atoms with Crippen molar-refractivity contribution in [2.75, 3.05) is 7.11 Å². The van der Waals surface area contributed by atoms with Crippen LogP contribution >= 0.6 is 0 Å². The van der Waals surface area contributed by atoms with Gasteiger partial charge in [-0.2, -0.15) is 5.10 Å². The lowest BCUT2D eigenvalue weighted by molar-refractivity contribution is 0.410. The first kappa shape index (κ1) is 17.5. The molecule has 1 aromatic carbocycles. The summed E-state index contributed by atoms with van der Waals surface area (Å²) in [7, 11) is 1.67. The summed E-state index contributed by atoms with van der Waals surface area (Å²) in [4.78, 5) is 12.5. The number of nitrogens with zero attached hydrogens (tertiary/aromatic N) is 2. The maximum Gasteiger partial charge on any atom is 0.267 e. The molecule has 3 rings (SSSR count). The Labute approximate surface area is 149 Å². The molecule has 132 valence electrons. The molecule has 0 fully saturated rings. The highest BCUT2D eigenvalue weighted by molar-refractivity contribution is 5.65. The molecule has 0 spiro atoms. The van der Waals surface area contributed by atoms with E-state index in [0.29, 0.717) is 6.54 Å². The lowest BCUT2D eigenvalue weighted by Gasteiger charge is -2.17. The van der Waals surface area contributed by atoms with E-state index >= 15 is 0 Å². The average molecular weight is 338 g/mol. The van der Waals surface area contributed by atoms with Crippen LogP contribution in [0.4, 0.5) is 0 Å². The van der Waals surface area contributed by atoms with Gasteiger partial charge in [0.05, 0.1) is 19.3 Å². The second kappa shape index (κ2) is 7.26. The number of allylic oxidation sites excluding steroid dienone is 2. The highest BCUT2D eigenvalue weighted by Gasteiger charge is 2.15. The molecule has 0 aliphatic heterocycles. The van der Waals surface area contributed by atoms with Crippen molar-refractivity contribution in [1.29, 1.82) is 0 Å². The van der Waals surface area contributed by atoms with E-state index in [4.69, 9.17) is 9.84 Å². The number of aryl methyl sites for hydroxylation is 2. The van der Waals surface area contributed by atoms with Crippen molar-refractivity contribution in [3.63, 3.8) is 0 Å². The Morgan fingerprint density at radius 3 is 2.64 bits per heavy atom. The number of methoxy groups -OCH3 is 1. The molecule has 4 nitrogen and oxygen atoms in total. The Kier molecular flexibility index (Phi) is 5.07. The average Bonchev–Trinajstić information content (AvgIpc) is 2.61. The summed E-state index contributed by atoms with van der Waals surface area (Å²) in [6.45, 7) is 6.54. The highest BCUT2D eigenvalue weighted by atomic mass is 16.5. The van der Waals surface area contributed by atoms with Gasteiger partial charge in [0.1, 0.15) is 5.75 Å². The first-order valence-electron chi connectivity index (χ1n) is 8.92. The van der Waals surface area contributed by atoms with Gasteiger partial charge >= 0.3 is 0 Å². The first-order chi connectivity index (χ1) is 12.0. The molecule has 2 aromatic rings. The number of hydrogen-bond donors (Lipinski definition) is 0. The standard InChI is InChI=1S/C21H26N2O2/c1-14-10-11-19(25-4)16(3)18(14)13-23-20(24)12-15(2)21(22-23)17-8-6-5-7-9-17/h8,10-12H,5-7,9,13H2,1-4H3. The molecule has 0 radical (unpaired) electrons. The molecule has 1 aliphatic carbocycles. The highest BCUT2D eigenvalue weighted by Crippen LogP contribution is 2.27. The van der Waals surface area contributed by atoms with Crippen LogP contribution in [0.1, 0.15) is 53.6 Å². The van der Waals surface area contributed by atoms with E-state index in [1.165, 1.54) is 18.4 Å². The van der Waals surface area contributed by atoms with Crippen molar-refractivity contribution < 1.29 is 4.74 Å². The second-order valence-electron chi connectivity index (χ2n) is 6.84. The van der Waals surface area contributed by atoms with Crippen LogP contribution < -0.4 is 10.3 Å². The van der Waals surface area contributed by atoms with Crippen LogP contribution in [-0.2, 0) is 6.54 Å². The van der Waals surface area contributed by atoms with Crippen molar-refractivity contribution in [2.45, 2.75) is 53.0 Å². The number of benzene rings is 1. The van der Waals surface area contributed by atoms with Gasteiger partial charge in [0.25, 0.3) is 5.56 Å². The van der Waals surface area contributed by atoms with Gasteiger partial charge < -0.3 is 4.74 Å². The summed E-state index contributed by atoms with van der Waals surface area (Å²) in [5, 5.41) is 4.72. The summed E-state index contributed by atoms with van der Waals surface area (Å²) in [6, 6.07) is 5.71.